The average molecular weight is 328 g/mol. The smallest absolute Gasteiger partial charge is 0.221 e. The standard InChI is InChI=1S/C17H14ClN3O2/c1-10(22)19-13-8-4-2-6-11(13)15-16(18)21-17(20-15)12-7-3-5-9-14(12)23/h2-9,23H,1H3,(H,19,22)(H,20,21). The van der Waals surface area contributed by atoms with Crippen LogP contribution in [0.25, 0.3) is 22.6 Å². The molecule has 0 bridgehead atoms. The fraction of sp³-hybridized carbons (Fsp3) is 0.0588. The van der Waals surface area contributed by atoms with E-state index in [9.17, 15) is 9.90 Å². The number of aromatic amines is 1. The number of phenolic OH excluding ortho intramolecular Hbond substituents is 1. The van der Waals surface area contributed by atoms with Gasteiger partial charge in [0.2, 0.25) is 5.91 Å². The van der Waals surface area contributed by atoms with E-state index in [-0.39, 0.29) is 11.7 Å². The minimum absolute atomic E-state index is 0.111. The molecule has 3 rings (SSSR count). The van der Waals surface area contributed by atoms with Crippen molar-refractivity contribution >= 4 is 23.2 Å². The van der Waals surface area contributed by atoms with Crippen molar-refractivity contribution in [2.75, 3.05) is 5.32 Å². The van der Waals surface area contributed by atoms with Crippen LogP contribution in [0.1, 0.15) is 6.92 Å². The fourth-order valence-corrected chi connectivity index (χ4v) is 2.55. The van der Waals surface area contributed by atoms with Crippen molar-refractivity contribution in [3.63, 3.8) is 0 Å². The van der Waals surface area contributed by atoms with E-state index in [0.29, 0.717) is 33.5 Å². The minimum Gasteiger partial charge on any atom is -0.507 e. The second kappa shape index (κ2) is 6.14. The Labute approximate surface area is 138 Å². The lowest BCUT2D eigenvalue weighted by Gasteiger charge is -2.07. The Hall–Kier alpha value is -2.79. The quantitative estimate of drug-likeness (QED) is 0.678. The first kappa shape index (κ1) is 15.1. The summed E-state index contributed by atoms with van der Waals surface area (Å²) in [5.41, 5.74) is 2.38. The van der Waals surface area contributed by atoms with Gasteiger partial charge in [-0.25, -0.2) is 4.98 Å². The van der Waals surface area contributed by atoms with Crippen LogP contribution in [0, 0.1) is 0 Å². The molecule has 0 unspecified atom stereocenters. The molecule has 1 aromatic heterocycles. The topological polar surface area (TPSA) is 78.0 Å². The van der Waals surface area contributed by atoms with Gasteiger partial charge < -0.3 is 15.4 Å². The number of rotatable bonds is 3. The van der Waals surface area contributed by atoms with E-state index in [0.717, 1.165) is 0 Å². The first-order chi connectivity index (χ1) is 11.1. The highest BCUT2D eigenvalue weighted by Crippen LogP contribution is 2.35. The van der Waals surface area contributed by atoms with Crippen LogP contribution >= 0.6 is 11.6 Å². The van der Waals surface area contributed by atoms with Gasteiger partial charge in [-0.05, 0) is 18.2 Å². The van der Waals surface area contributed by atoms with E-state index >= 15 is 0 Å². The number of benzene rings is 2. The lowest BCUT2D eigenvalue weighted by Crippen LogP contribution is -2.06. The number of para-hydroxylation sites is 2. The number of carbonyl (C=O) groups is 1. The number of anilines is 1. The number of H-pyrrole nitrogens is 1. The molecule has 0 aliphatic carbocycles. The molecule has 0 fully saturated rings. The van der Waals surface area contributed by atoms with Crippen LogP contribution in [0.15, 0.2) is 48.5 Å². The molecule has 5 nitrogen and oxygen atoms in total. The molecule has 116 valence electrons. The van der Waals surface area contributed by atoms with E-state index in [1.807, 2.05) is 18.2 Å². The summed E-state index contributed by atoms with van der Waals surface area (Å²) in [6.07, 6.45) is 0. The number of hydrogen-bond acceptors (Lipinski definition) is 3. The summed E-state index contributed by atoms with van der Waals surface area (Å²) in [6, 6.07) is 14.1. The number of phenols is 1. The van der Waals surface area contributed by atoms with Crippen molar-refractivity contribution in [2.24, 2.45) is 0 Å². The van der Waals surface area contributed by atoms with Crippen LogP contribution in [0.4, 0.5) is 5.69 Å². The summed E-state index contributed by atoms with van der Waals surface area (Å²) in [6.45, 7) is 1.44. The Balaban J connectivity index is 2.09. The van der Waals surface area contributed by atoms with Crippen molar-refractivity contribution in [1.82, 2.24) is 9.97 Å². The predicted molar refractivity (Wildman–Crippen MR) is 90.4 cm³/mol. The highest BCUT2D eigenvalue weighted by molar-refractivity contribution is 6.32. The third-order valence-corrected chi connectivity index (χ3v) is 3.59. The van der Waals surface area contributed by atoms with Gasteiger partial charge in [-0.1, -0.05) is 41.9 Å². The zero-order chi connectivity index (χ0) is 16.4. The lowest BCUT2D eigenvalue weighted by molar-refractivity contribution is -0.114. The Morgan fingerprint density at radius 3 is 2.48 bits per heavy atom. The van der Waals surface area contributed by atoms with Gasteiger partial charge in [0.1, 0.15) is 22.4 Å². The maximum atomic E-state index is 11.3. The molecule has 0 aliphatic heterocycles. The summed E-state index contributed by atoms with van der Waals surface area (Å²) in [7, 11) is 0. The number of halogens is 1. The molecule has 1 amide bonds. The predicted octanol–water partition coefficient (Wildman–Crippen LogP) is 4.06. The SMILES string of the molecule is CC(=O)Nc1ccccc1-c1nc(-c2ccccc2O)[nH]c1Cl. The summed E-state index contributed by atoms with van der Waals surface area (Å²) in [5.74, 6) is 0.394. The molecule has 0 spiro atoms. The second-order valence-electron chi connectivity index (χ2n) is 4.99. The molecular formula is C17H14ClN3O2. The van der Waals surface area contributed by atoms with Gasteiger partial charge in [0, 0.05) is 12.5 Å². The number of nitrogens with one attached hydrogen (secondary N) is 2. The molecule has 23 heavy (non-hydrogen) atoms. The van der Waals surface area contributed by atoms with Crippen molar-refractivity contribution in [3.8, 4) is 28.4 Å². The normalized spacial score (nSPS) is 10.5. The molecule has 0 saturated carbocycles. The number of nitrogens with zero attached hydrogens (tertiary/aromatic N) is 1. The van der Waals surface area contributed by atoms with Crippen molar-refractivity contribution in [3.05, 3.63) is 53.7 Å². The van der Waals surface area contributed by atoms with Crippen LogP contribution in [-0.4, -0.2) is 21.0 Å². The number of aromatic hydroxyl groups is 1. The van der Waals surface area contributed by atoms with E-state index in [1.54, 1.807) is 30.3 Å². The molecule has 0 radical (unpaired) electrons. The van der Waals surface area contributed by atoms with Crippen LogP contribution in [0.3, 0.4) is 0 Å². The Morgan fingerprint density at radius 2 is 1.78 bits per heavy atom. The largest absolute Gasteiger partial charge is 0.507 e. The molecule has 0 atom stereocenters. The van der Waals surface area contributed by atoms with Gasteiger partial charge in [-0.3, -0.25) is 4.79 Å². The average Bonchev–Trinajstić information content (AvgIpc) is 2.89. The zero-order valence-electron chi connectivity index (χ0n) is 12.3. The second-order valence-corrected chi connectivity index (χ2v) is 5.37. The van der Waals surface area contributed by atoms with Gasteiger partial charge >= 0.3 is 0 Å². The molecule has 3 aromatic rings. The van der Waals surface area contributed by atoms with Crippen LogP contribution in [0.2, 0.25) is 5.15 Å². The minimum atomic E-state index is -0.176. The van der Waals surface area contributed by atoms with Gasteiger partial charge in [-0.2, -0.15) is 0 Å². The van der Waals surface area contributed by atoms with Gasteiger partial charge in [-0.15, -0.1) is 0 Å². The molecule has 0 saturated heterocycles. The van der Waals surface area contributed by atoms with E-state index in [1.165, 1.54) is 6.92 Å². The van der Waals surface area contributed by atoms with E-state index in [2.05, 4.69) is 15.3 Å². The highest BCUT2D eigenvalue weighted by atomic mass is 35.5. The van der Waals surface area contributed by atoms with Crippen LogP contribution in [-0.2, 0) is 4.79 Å². The summed E-state index contributed by atoms with van der Waals surface area (Å²) >= 11 is 6.28. The van der Waals surface area contributed by atoms with Crippen molar-refractivity contribution in [2.45, 2.75) is 6.92 Å². The molecule has 2 aromatic carbocycles. The van der Waals surface area contributed by atoms with Crippen LogP contribution in [0.5, 0.6) is 5.75 Å². The Bertz CT molecular complexity index is 874. The van der Waals surface area contributed by atoms with Gasteiger partial charge in [0.15, 0.2) is 0 Å². The molecule has 0 aliphatic rings. The highest BCUT2D eigenvalue weighted by Gasteiger charge is 2.16. The van der Waals surface area contributed by atoms with Crippen molar-refractivity contribution in [1.29, 1.82) is 0 Å². The van der Waals surface area contributed by atoms with E-state index < -0.39 is 0 Å². The summed E-state index contributed by atoms with van der Waals surface area (Å²) in [5, 5.41) is 13.0. The number of hydrogen-bond donors (Lipinski definition) is 3. The first-order valence-corrected chi connectivity index (χ1v) is 7.35. The number of imidazole rings is 1. The van der Waals surface area contributed by atoms with Gasteiger partial charge in [0.25, 0.3) is 0 Å². The number of aromatic nitrogens is 2. The maximum absolute atomic E-state index is 11.3. The van der Waals surface area contributed by atoms with Crippen LogP contribution < -0.4 is 5.32 Å². The molecular weight excluding hydrogens is 314 g/mol. The monoisotopic (exact) mass is 327 g/mol. The zero-order valence-corrected chi connectivity index (χ0v) is 13.1. The maximum Gasteiger partial charge on any atom is 0.221 e. The molecule has 1 heterocycles. The lowest BCUT2D eigenvalue weighted by atomic mass is 10.1. The summed E-state index contributed by atoms with van der Waals surface area (Å²) < 4.78 is 0. The van der Waals surface area contributed by atoms with Gasteiger partial charge in [0.05, 0.1) is 11.3 Å². The third-order valence-electron chi connectivity index (χ3n) is 3.31. The molecule has 3 N–H and O–H groups in total. The number of carbonyl (C=O) groups excluding carboxylic acids is 1. The summed E-state index contributed by atoms with van der Waals surface area (Å²) in [4.78, 5) is 18.8. The first-order valence-electron chi connectivity index (χ1n) is 6.97. The number of amides is 1. The Kier molecular flexibility index (Phi) is 4.04. The Morgan fingerprint density at radius 1 is 1.13 bits per heavy atom. The fourth-order valence-electron chi connectivity index (χ4n) is 2.32. The van der Waals surface area contributed by atoms with E-state index in [4.69, 9.17) is 11.6 Å². The molecule has 6 heteroatoms. The van der Waals surface area contributed by atoms with Crippen molar-refractivity contribution < 1.29 is 9.90 Å². The third kappa shape index (κ3) is 3.05.